The first-order valence-electron chi connectivity index (χ1n) is 8.53. The molecule has 0 radical (unpaired) electrons. The van der Waals surface area contributed by atoms with Crippen LogP contribution in [0.1, 0.15) is 24.9 Å². The van der Waals surface area contributed by atoms with Gasteiger partial charge in [-0.3, -0.25) is 9.98 Å². The number of aromatic nitrogens is 3. The summed E-state index contributed by atoms with van der Waals surface area (Å²) in [5.74, 6) is -0.00352. The molecule has 136 valence electrons. The largest absolute Gasteiger partial charge is 0.370 e. The van der Waals surface area contributed by atoms with Crippen molar-refractivity contribution in [1.29, 1.82) is 5.41 Å². The van der Waals surface area contributed by atoms with Crippen molar-refractivity contribution >= 4 is 17.0 Å². The monoisotopic (exact) mass is 353 g/mol. The molecule has 0 bridgehead atoms. The molecule has 2 aromatic heterocycles. The Labute approximate surface area is 151 Å². The number of fused-ring (bicyclic) bond motifs is 1. The summed E-state index contributed by atoms with van der Waals surface area (Å²) in [4.78, 5) is 19.2. The Morgan fingerprint density at radius 3 is 2.81 bits per heavy atom. The molecule has 8 nitrogen and oxygen atoms in total. The van der Waals surface area contributed by atoms with Crippen LogP contribution in [0.4, 0.5) is 0 Å². The molecule has 0 unspecified atom stereocenters. The number of aromatic amines is 1. The van der Waals surface area contributed by atoms with Gasteiger partial charge >= 0.3 is 5.69 Å². The zero-order valence-electron chi connectivity index (χ0n) is 14.6. The van der Waals surface area contributed by atoms with E-state index in [0.29, 0.717) is 12.2 Å². The van der Waals surface area contributed by atoms with Gasteiger partial charge < -0.3 is 21.4 Å². The van der Waals surface area contributed by atoms with Gasteiger partial charge in [-0.05, 0) is 43.7 Å². The average molecular weight is 353 g/mol. The number of nitrogens with two attached hydrogens (primary N) is 1. The quantitative estimate of drug-likeness (QED) is 0.248. The Bertz CT molecular complexity index is 942. The lowest BCUT2D eigenvalue weighted by molar-refractivity contribution is 0.555. The lowest BCUT2D eigenvalue weighted by Crippen LogP contribution is -2.32. The Morgan fingerprint density at radius 2 is 2.08 bits per heavy atom. The van der Waals surface area contributed by atoms with Gasteiger partial charge in [0.1, 0.15) is 5.65 Å². The van der Waals surface area contributed by atoms with E-state index in [2.05, 4.69) is 27.5 Å². The van der Waals surface area contributed by atoms with Crippen molar-refractivity contribution in [2.24, 2.45) is 5.73 Å². The number of nitrogens with zero attached hydrogens (tertiary/aromatic N) is 2. The lowest BCUT2D eigenvalue weighted by atomic mass is 10.1. The number of benzene rings is 1. The summed E-state index contributed by atoms with van der Waals surface area (Å²) in [7, 11) is 0. The van der Waals surface area contributed by atoms with E-state index in [1.54, 1.807) is 17.0 Å². The van der Waals surface area contributed by atoms with Crippen molar-refractivity contribution in [3.05, 3.63) is 58.8 Å². The van der Waals surface area contributed by atoms with E-state index in [1.807, 2.05) is 30.3 Å². The van der Waals surface area contributed by atoms with Gasteiger partial charge in [0, 0.05) is 30.4 Å². The molecule has 3 aromatic rings. The second kappa shape index (κ2) is 7.83. The van der Waals surface area contributed by atoms with Crippen LogP contribution in [-0.2, 0) is 0 Å². The predicted molar refractivity (Wildman–Crippen MR) is 103 cm³/mol. The minimum Gasteiger partial charge on any atom is -0.370 e. The highest BCUT2D eigenvalue weighted by atomic mass is 16.1. The second-order valence-corrected chi connectivity index (χ2v) is 6.14. The van der Waals surface area contributed by atoms with E-state index in [0.717, 1.165) is 29.6 Å². The zero-order valence-corrected chi connectivity index (χ0v) is 14.6. The molecule has 0 spiro atoms. The van der Waals surface area contributed by atoms with Gasteiger partial charge in [-0.2, -0.15) is 4.98 Å². The van der Waals surface area contributed by atoms with Gasteiger partial charge in [0.25, 0.3) is 0 Å². The fourth-order valence-corrected chi connectivity index (χ4v) is 2.77. The van der Waals surface area contributed by atoms with E-state index in [9.17, 15) is 4.79 Å². The van der Waals surface area contributed by atoms with Crippen molar-refractivity contribution in [1.82, 2.24) is 25.2 Å². The molecule has 6 N–H and O–H groups in total. The number of hydrogen-bond acceptors (Lipinski definition) is 4. The molecule has 2 heterocycles. The Morgan fingerprint density at radius 1 is 1.31 bits per heavy atom. The van der Waals surface area contributed by atoms with E-state index >= 15 is 0 Å². The van der Waals surface area contributed by atoms with Crippen molar-refractivity contribution < 1.29 is 0 Å². The van der Waals surface area contributed by atoms with Crippen LogP contribution in [0.3, 0.4) is 0 Å². The normalized spacial score (nSPS) is 12.2. The summed E-state index contributed by atoms with van der Waals surface area (Å²) in [5.41, 5.74) is 7.45. The minimum absolute atomic E-state index is 0.00352. The highest BCUT2D eigenvalue weighted by molar-refractivity contribution is 5.74. The van der Waals surface area contributed by atoms with Gasteiger partial charge in [0.05, 0.1) is 5.69 Å². The number of nitrogens with one attached hydrogen (secondary N) is 4. The first kappa shape index (κ1) is 17.7. The summed E-state index contributed by atoms with van der Waals surface area (Å²) < 4.78 is 1.55. The molecule has 0 aliphatic carbocycles. The van der Waals surface area contributed by atoms with E-state index in [-0.39, 0.29) is 17.7 Å². The number of H-pyrrole nitrogens is 1. The van der Waals surface area contributed by atoms with Crippen LogP contribution in [0, 0.1) is 5.41 Å². The van der Waals surface area contributed by atoms with Crippen LogP contribution >= 0.6 is 0 Å². The van der Waals surface area contributed by atoms with Crippen LogP contribution in [-0.4, -0.2) is 33.6 Å². The van der Waals surface area contributed by atoms with E-state index in [1.165, 1.54) is 0 Å². The van der Waals surface area contributed by atoms with Crippen LogP contribution in [0.5, 0.6) is 0 Å². The molecule has 0 saturated carbocycles. The molecule has 0 fully saturated rings. The number of rotatable bonds is 7. The first-order chi connectivity index (χ1) is 12.5. The van der Waals surface area contributed by atoms with Crippen LogP contribution < -0.4 is 22.1 Å². The third-order valence-electron chi connectivity index (χ3n) is 4.23. The number of guanidine groups is 1. The van der Waals surface area contributed by atoms with Crippen molar-refractivity contribution in [2.45, 2.75) is 19.4 Å². The molecule has 0 aliphatic heterocycles. The maximum Gasteiger partial charge on any atom is 0.354 e. The van der Waals surface area contributed by atoms with Crippen molar-refractivity contribution in [2.75, 3.05) is 13.1 Å². The molecule has 0 amide bonds. The van der Waals surface area contributed by atoms with Gasteiger partial charge in [0.15, 0.2) is 5.96 Å². The Hall–Kier alpha value is -3.13. The van der Waals surface area contributed by atoms with Gasteiger partial charge in [-0.1, -0.05) is 12.1 Å². The molecule has 1 atom stereocenters. The molecule has 0 aliphatic rings. The highest BCUT2D eigenvalue weighted by Crippen LogP contribution is 2.16. The summed E-state index contributed by atoms with van der Waals surface area (Å²) >= 11 is 0. The topological polar surface area (TPSA) is 125 Å². The minimum atomic E-state index is -0.308. The molecule has 8 heteroatoms. The maximum absolute atomic E-state index is 12.2. The number of hydrogen-bond donors (Lipinski definition) is 5. The van der Waals surface area contributed by atoms with Crippen LogP contribution in [0.15, 0.2) is 47.5 Å². The second-order valence-electron chi connectivity index (χ2n) is 6.14. The van der Waals surface area contributed by atoms with Crippen LogP contribution in [0.2, 0.25) is 0 Å². The molecule has 26 heavy (non-hydrogen) atoms. The fraction of sp³-hybridized carbons (Fsp3) is 0.278. The van der Waals surface area contributed by atoms with Crippen molar-refractivity contribution in [3.63, 3.8) is 0 Å². The third kappa shape index (κ3) is 4.09. The Balaban J connectivity index is 1.64. The summed E-state index contributed by atoms with van der Waals surface area (Å²) in [6.07, 6.45) is 4.43. The lowest BCUT2D eigenvalue weighted by Gasteiger charge is -2.15. The summed E-state index contributed by atoms with van der Waals surface area (Å²) in [6, 6.07) is 9.94. The molecular weight excluding hydrogens is 330 g/mol. The molecule has 0 saturated heterocycles. The summed E-state index contributed by atoms with van der Waals surface area (Å²) in [5, 5.41) is 14.2. The van der Waals surface area contributed by atoms with E-state index in [4.69, 9.17) is 11.1 Å². The highest BCUT2D eigenvalue weighted by Gasteiger charge is 2.07. The SMILES string of the molecule is C[C@H](NCCCNC(=N)N)c1ccc(-n2cc3cc[nH]c3nc2=O)cc1. The zero-order chi connectivity index (χ0) is 18.5. The smallest absolute Gasteiger partial charge is 0.354 e. The predicted octanol–water partition coefficient (Wildman–Crippen LogP) is 1.24. The standard InChI is InChI=1S/C18H23N7O/c1-12(21-8-2-9-23-17(19)20)13-3-5-15(6-4-13)25-11-14-7-10-22-16(14)24-18(25)26/h3-7,10-12,21H,2,8-9H2,1H3,(H4,19,20,23)(H,22,24,26)/t12-/m0/s1. The van der Waals surface area contributed by atoms with E-state index < -0.39 is 0 Å². The molecule has 1 aromatic carbocycles. The average Bonchev–Trinajstić information content (AvgIpc) is 3.07. The van der Waals surface area contributed by atoms with Gasteiger partial charge in [-0.25, -0.2) is 4.79 Å². The molecular formula is C18H23N7O. The Kier molecular flexibility index (Phi) is 5.33. The van der Waals surface area contributed by atoms with Gasteiger partial charge in [-0.15, -0.1) is 0 Å². The van der Waals surface area contributed by atoms with Crippen LogP contribution in [0.25, 0.3) is 16.7 Å². The van der Waals surface area contributed by atoms with Gasteiger partial charge in [0.2, 0.25) is 0 Å². The first-order valence-corrected chi connectivity index (χ1v) is 8.53. The summed E-state index contributed by atoms with van der Waals surface area (Å²) in [6.45, 7) is 3.58. The van der Waals surface area contributed by atoms with Crippen molar-refractivity contribution in [3.8, 4) is 5.69 Å². The molecule has 3 rings (SSSR count). The third-order valence-corrected chi connectivity index (χ3v) is 4.23. The fourth-order valence-electron chi connectivity index (χ4n) is 2.77. The maximum atomic E-state index is 12.2.